The Labute approximate surface area is 216 Å². The summed E-state index contributed by atoms with van der Waals surface area (Å²) in [6.07, 6.45) is 0. The molecule has 0 aliphatic carbocycles. The molecule has 0 saturated heterocycles. The smallest absolute Gasteiger partial charge is 0.261 e. The lowest BCUT2D eigenvalue weighted by atomic mass is 9.82. The predicted molar refractivity (Wildman–Crippen MR) is 145 cm³/mol. The number of carbonyl (C=O) groups excluding carboxylic acids is 4. The first kappa shape index (κ1) is 21.0. The first-order chi connectivity index (χ1) is 18.5. The molecule has 2 aliphatic rings. The number of hydrogen-bond donors (Lipinski definition) is 0. The van der Waals surface area contributed by atoms with Crippen molar-refractivity contribution in [2.24, 2.45) is 0 Å². The van der Waals surface area contributed by atoms with E-state index in [2.05, 4.69) is 0 Å². The van der Waals surface area contributed by atoms with Crippen molar-refractivity contribution in [1.82, 2.24) is 9.80 Å². The van der Waals surface area contributed by atoms with Crippen LogP contribution in [0.15, 0.2) is 78.9 Å². The number of amides is 4. The number of fused-ring (bicyclic) bond motifs is 2. The number of nitrogens with zero attached hydrogens (tertiary/aromatic N) is 2. The summed E-state index contributed by atoms with van der Waals surface area (Å²) in [5.74, 6) is -1.27. The van der Waals surface area contributed by atoms with Crippen LogP contribution in [0.3, 0.4) is 0 Å². The molecule has 2 heterocycles. The molecule has 0 fully saturated rings. The second kappa shape index (κ2) is 7.01. The van der Waals surface area contributed by atoms with E-state index < -0.39 is 0 Å². The SMILES string of the molecule is CN1C(=O)c2ccc3c4ccc5c6c(ccc(c7ccc(c2c37)C1=O)c64)C(=O)N(Cc1ccccc1)C5=O. The number of benzene rings is 6. The van der Waals surface area contributed by atoms with Crippen LogP contribution in [0, 0.1) is 0 Å². The highest BCUT2D eigenvalue weighted by molar-refractivity contribution is 6.41. The van der Waals surface area contributed by atoms with Gasteiger partial charge in [0.15, 0.2) is 0 Å². The number of rotatable bonds is 2. The number of hydrogen-bond acceptors (Lipinski definition) is 4. The van der Waals surface area contributed by atoms with Gasteiger partial charge in [0.25, 0.3) is 23.6 Å². The van der Waals surface area contributed by atoms with Crippen molar-refractivity contribution < 1.29 is 19.2 Å². The standard InChI is InChI=1S/C32H18N2O4/c1-33-29(35)21-11-7-17-19-9-13-23-28-24(32(38)34(31(23)37)15-16-5-3-2-4-6-16)14-10-20(26(19)28)18-8-12-22(30(33)36)27(21)25(17)18/h2-14H,15H2,1H3. The molecule has 6 aromatic carbocycles. The maximum atomic E-state index is 13.6. The van der Waals surface area contributed by atoms with Crippen LogP contribution in [-0.2, 0) is 6.54 Å². The van der Waals surface area contributed by atoms with E-state index in [4.69, 9.17) is 0 Å². The van der Waals surface area contributed by atoms with E-state index >= 15 is 0 Å². The van der Waals surface area contributed by atoms with Crippen LogP contribution >= 0.6 is 0 Å². The monoisotopic (exact) mass is 494 g/mol. The molecule has 180 valence electrons. The van der Waals surface area contributed by atoms with Crippen molar-refractivity contribution in [3.8, 4) is 0 Å². The van der Waals surface area contributed by atoms with Crippen LogP contribution in [-0.4, -0.2) is 40.5 Å². The quantitative estimate of drug-likeness (QED) is 0.174. The topological polar surface area (TPSA) is 74.8 Å². The van der Waals surface area contributed by atoms with E-state index in [9.17, 15) is 19.2 Å². The van der Waals surface area contributed by atoms with E-state index in [1.165, 1.54) is 11.9 Å². The summed E-state index contributed by atoms with van der Waals surface area (Å²) >= 11 is 0. The highest BCUT2D eigenvalue weighted by Crippen LogP contribution is 2.46. The van der Waals surface area contributed by atoms with Gasteiger partial charge in [0.1, 0.15) is 0 Å². The van der Waals surface area contributed by atoms with E-state index in [1.54, 1.807) is 24.3 Å². The van der Waals surface area contributed by atoms with Crippen molar-refractivity contribution in [3.05, 3.63) is 107 Å². The summed E-state index contributed by atoms with van der Waals surface area (Å²) in [6.45, 7) is 0.202. The van der Waals surface area contributed by atoms with Gasteiger partial charge >= 0.3 is 0 Å². The molecular formula is C32H18N2O4. The maximum Gasteiger partial charge on any atom is 0.261 e. The van der Waals surface area contributed by atoms with Gasteiger partial charge in [-0.2, -0.15) is 0 Å². The highest BCUT2D eigenvalue weighted by Gasteiger charge is 2.35. The Hall–Kier alpha value is -5.10. The molecule has 38 heavy (non-hydrogen) atoms. The third-order valence-corrected chi connectivity index (χ3v) is 8.11. The Morgan fingerprint density at radius 3 is 1.29 bits per heavy atom. The third kappa shape index (κ3) is 2.42. The van der Waals surface area contributed by atoms with Gasteiger partial charge in [-0.15, -0.1) is 0 Å². The van der Waals surface area contributed by atoms with Crippen LogP contribution in [0.1, 0.15) is 47.0 Å². The Bertz CT molecular complexity index is 1970. The van der Waals surface area contributed by atoms with E-state index in [0.29, 0.717) is 33.0 Å². The molecule has 0 unspecified atom stereocenters. The van der Waals surface area contributed by atoms with Gasteiger partial charge in [-0.25, -0.2) is 0 Å². The summed E-state index contributed by atoms with van der Waals surface area (Å²) in [7, 11) is 1.50. The summed E-state index contributed by atoms with van der Waals surface area (Å²) in [6, 6.07) is 24.3. The van der Waals surface area contributed by atoms with Crippen molar-refractivity contribution in [1.29, 1.82) is 0 Å². The molecule has 8 rings (SSSR count). The van der Waals surface area contributed by atoms with Gasteiger partial charge in [-0.05, 0) is 62.1 Å². The van der Waals surface area contributed by atoms with Crippen molar-refractivity contribution in [2.45, 2.75) is 6.54 Å². The number of carbonyl (C=O) groups is 4. The average molecular weight is 495 g/mol. The summed E-state index contributed by atoms with van der Waals surface area (Å²) < 4.78 is 0. The molecule has 0 bridgehead atoms. The van der Waals surface area contributed by atoms with Crippen molar-refractivity contribution in [3.63, 3.8) is 0 Å². The van der Waals surface area contributed by atoms with E-state index in [-0.39, 0.29) is 30.2 Å². The Morgan fingerprint density at radius 1 is 0.474 bits per heavy atom. The average Bonchev–Trinajstić information content (AvgIpc) is 2.95. The summed E-state index contributed by atoms with van der Waals surface area (Å²) in [5, 5.41) is 6.55. The van der Waals surface area contributed by atoms with Crippen LogP contribution in [0.5, 0.6) is 0 Å². The fourth-order valence-corrected chi connectivity index (χ4v) is 6.35. The fourth-order valence-electron chi connectivity index (χ4n) is 6.35. The second-order valence-corrected chi connectivity index (χ2v) is 9.99. The van der Waals surface area contributed by atoms with E-state index in [0.717, 1.165) is 42.8 Å². The van der Waals surface area contributed by atoms with Gasteiger partial charge in [-0.1, -0.05) is 54.6 Å². The largest absolute Gasteiger partial charge is 0.277 e. The van der Waals surface area contributed by atoms with Gasteiger partial charge in [0.05, 0.1) is 6.54 Å². The lowest BCUT2D eigenvalue weighted by Gasteiger charge is -2.29. The van der Waals surface area contributed by atoms with Crippen molar-refractivity contribution in [2.75, 3.05) is 7.05 Å². The Balaban J connectivity index is 1.45. The minimum atomic E-state index is -0.322. The molecule has 0 saturated carbocycles. The Morgan fingerprint density at radius 2 is 0.868 bits per heavy atom. The van der Waals surface area contributed by atoms with Gasteiger partial charge in [0.2, 0.25) is 0 Å². The molecule has 0 aromatic heterocycles. The normalized spacial score (nSPS) is 15.2. The minimum Gasteiger partial charge on any atom is -0.277 e. The molecule has 0 N–H and O–H groups in total. The zero-order valence-corrected chi connectivity index (χ0v) is 20.2. The summed E-state index contributed by atoms with van der Waals surface area (Å²) in [5.41, 5.74) is 2.87. The zero-order chi connectivity index (χ0) is 25.9. The van der Waals surface area contributed by atoms with Gasteiger partial charge < -0.3 is 0 Å². The molecule has 6 aromatic rings. The lowest BCUT2D eigenvalue weighted by molar-refractivity contribution is 0.0594. The summed E-state index contributed by atoms with van der Waals surface area (Å²) in [4.78, 5) is 55.7. The molecular weight excluding hydrogens is 476 g/mol. The molecule has 6 nitrogen and oxygen atoms in total. The van der Waals surface area contributed by atoms with Crippen LogP contribution in [0.2, 0.25) is 0 Å². The Kier molecular flexibility index (Phi) is 3.88. The molecule has 6 heteroatoms. The van der Waals surface area contributed by atoms with E-state index in [1.807, 2.05) is 54.6 Å². The third-order valence-electron chi connectivity index (χ3n) is 8.11. The van der Waals surface area contributed by atoms with Crippen LogP contribution in [0.4, 0.5) is 0 Å². The molecule has 0 atom stereocenters. The minimum absolute atomic E-state index is 0.202. The molecule has 0 spiro atoms. The second-order valence-electron chi connectivity index (χ2n) is 9.99. The van der Waals surface area contributed by atoms with Crippen LogP contribution in [0.25, 0.3) is 43.1 Å². The van der Waals surface area contributed by atoms with Gasteiger partial charge in [-0.3, -0.25) is 29.0 Å². The lowest BCUT2D eigenvalue weighted by Crippen LogP contribution is -2.39. The van der Waals surface area contributed by atoms with Gasteiger partial charge in [0, 0.05) is 40.1 Å². The first-order valence-corrected chi connectivity index (χ1v) is 12.4. The predicted octanol–water partition coefficient (Wildman–Crippen LogP) is 5.76. The highest BCUT2D eigenvalue weighted by atomic mass is 16.2. The molecule has 4 amide bonds. The maximum absolute atomic E-state index is 13.6. The van der Waals surface area contributed by atoms with Crippen molar-refractivity contribution >= 4 is 66.7 Å². The number of imide groups is 2. The van der Waals surface area contributed by atoms with Crippen LogP contribution < -0.4 is 0 Å². The fraction of sp³-hybridized carbons (Fsp3) is 0.0625. The molecule has 0 radical (unpaired) electrons. The first-order valence-electron chi connectivity index (χ1n) is 12.4. The molecule has 2 aliphatic heterocycles. The zero-order valence-electron chi connectivity index (χ0n) is 20.2.